The van der Waals surface area contributed by atoms with Crippen LogP contribution in [0.1, 0.15) is 162 Å². The minimum Gasteiger partial charge on any atom is -0.540 e. The average Bonchev–Trinajstić information content (AvgIpc) is 3.05. The fourth-order valence-corrected chi connectivity index (χ4v) is 10.4. The van der Waals surface area contributed by atoms with Gasteiger partial charge in [0.15, 0.2) is 0 Å². The number of carbonyl (C=O) groups is 2. The zero-order valence-corrected chi connectivity index (χ0v) is 49.2. The summed E-state index contributed by atoms with van der Waals surface area (Å²) in [6.07, 6.45) is 4.99. The molecule has 0 spiro atoms. The van der Waals surface area contributed by atoms with Gasteiger partial charge in [-0.05, 0) is 78.0 Å². The van der Waals surface area contributed by atoms with Gasteiger partial charge in [0.2, 0.25) is 0 Å². The van der Waals surface area contributed by atoms with E-state index in [-0.39, 0.29) is 95.8 Å². The second-order valence-electron chi connectivity index (χ2n) is 22.8. The van der Waals surface area contributed by atoms with Gasteiger partial charge in [0.05, 0.1) is 25.0 Å². The van der Waals surface area contributed by atoms with E-state index < -0.39 is 35.4 Å². The Bertz CT molecular complexity index is 1390. The van der Waals surface area contributed by atoms with E-state index in [9.17, 15) is 24.6 Å². The van der Waals surface area contributed by atoms with Crippen LogP contribution >= 0.6 is 5.35 Å². The minimum atomic E-state index is -2.45. The van der Waals surface area contributed by atoms with E-state index in [1.807, 2.05) is 41.5 Å². The van der Waals surface area contributed by atoms with Crippen LogP contribution in [0, 0.1) is 44.8 Å². The Morgan fingerprint density at radius 1 is 0.727 bits per heavy atom. The van der Waals surface area contributed by atoms with E-state index in [1.54, 1.807) is 12.1 Å². The van der Waals surface area contributed by atoms with E-state index in [0.717, 1.165) is 43.6 Å². The fraction of sp³-hybridized carbons (Fsp3) is 0.792. The van der Waals surface area contributed by atoms with Gasteiger partial charge >= 0.3 is 96.8 Å². The third-order valence-corrected chi connectivity index (χ3v) is 10.0. The molecule has 0 fully saturated rings. The van der Waals surface area contributed by atoms with Gasteiger partial charge in [0.25, 0.3) is 0 Å². The van der Waals surface area contributed by atoms with Gasteiger partial charge in [-0.25, -0.2) is 6.29 Å². The van der Waals surface area contributed by atoms with Crippen molar-refractivity contribution in [3.05, 3.63) is 29.7 Å². The summed E-state index contributed by atoms with van der Waals surface area (Å²) in [5.41, 5.74) is 11.3. The summed E-state index contributed by atoms with van der Waals surface area (Å²) in [5, 5.41) is 68.1. The number of rotatable bonds is 14. The van der Waals surface area contributed by atoms with Crippen LogP contribution in [0.4, 0.5) is 0 Å². The standard InChI is InChI=1S/C11H16O2.C9H16O4.2C8H18O2.C5H13O2P.C4H9.C3H7N2O.V.W/c1-11(2,3)7-8-4-9(12)6-10(13)5-8;1-9(2,3)5-6(8(12)13)4-7(10)11;1-8(2,3)4-7(5-9)6-10;1-8(2,3)5-4-7(10)6-9;1-5(2,3)4-8(6)7;1-4(2)3;4-1-3(5)2-6;;/h4-6,12-13H,7H2,1-3H3;6H,4-5H2,1-3H3,(H,10,11)(H,12,13);2*7,9-10H,4-6H2,1-3H3;6-7H,4H2,1-3H3;1-3H3;3H,1,4-5H2;;/q;;;;;2*-1;+2;. The Hall–Kier alpha value is -1.19. The van der Waals surface area contributed by atoms with Gasteiger partial charge in [-0.2, -0.15) is 20.8 Å². The number of carboxylic acid groups (broad SMARTS) is 2. The first-order chi connectivity index (χ1) is 28.8. The molecular formula is C48H97N2O13PVW. The number of hydrogen-bond donors (Lipinski definition) is 12. The number of aromatic hydroxyl groups is 2. The third-order valence-electron chi connectivity index (χ3n) is 7.27. The first-order valence-electron chi connectivity index (χ1n) is 21.9. The molecule has 393 valence electrons. The maximum Gasteiger partial charge on any atom is 2.00 e. The summed E-state index contributed by atoms with van der Waals surface area (Å²) >= 11 is 0.924. The number of carbonyl (C=O) groups excluding carboxylic acids is 1. The number of phenolic OH excluding ortho intramolecular Hbond substituents is 2. The number of benzene rings is 1. The molecular weight excluding hydrogens is 1080 g/mol. The van der Waals surface area contributed by atoms with Crippen LogP contribution in [0.25, 0.3) is 0 Å². The molecule has 0 aliphatic heterocycles. The molecule has 0 saturated heterocycles. The first-order valence-corrected chi connectivity index (χ1v) is 27.6. The van der Waals surface area contributed by atoms with Crippen molar-refractivity contribution in [2.45, 2.75) is 175 Å². The topological polar surface area (TPSA) is 306 Å². The van der Waals surface area contributed by atoms with Gasteiger partial charge < -0.3 is 63.0 Å². The molecule has 0 amide bonds. The molecule has 14 N–H and O–H groups in total. The largest absolute Gasteiger partial charge is 2.00 e. The molecule has 0 heterocycles. The van der Waals surface area contributed by atoms with Crippen molar-refractivity contribution in [2.75, 3.05) is 32.5 Å². The summed E-state index contributed by atoms with van der Waals surface area (Å²) in [4.78, 5) is 48.5. The number of hydrogen-bond acceptors (Lipinski definition) is 13. The Labute approximate surface area is 423 Å². The summed E-state index contributed by atoms with van der Waals surface area (Å²) in [7, 11) is 0. The Kier molecular flexibility index (Phi) is 47.3. The first kappa shape index (κ1) is 79.0. The molecule has 0 aliphatic rings. The summed E-state index contributed by atoms with van der Waals surface area (Å²) in [6, 6.07) is 4.12. The second-order valence-corrected chi connectivity index (χ2v) is 30.7. The maximum absolute atomic E-state index is 10.6. The van der Waals surface area contributed by atoms with E-state index in [2.05, 4.69) is 83.1 Å². The van der Waals surface area contributed by atoms with Crippen LogP contribution in [0.5, 0.6) is 11.5 Å². The van der Waals surface area contributed by atoms with Crippen molar-refractivity contribution >= 4 is 23.6 Å². The van der Waals surface area contributed by atoms with Crippen LogP contribution in [0.2, 0.25) is 0 Å². The van der Waals surface area contributed by atoms with Crippen molar-refractivity contribution in [1.29, 1.82) is 0 Å². The van der Waals surface area contributed by atoms with Gasteiger partial charge in [-0.3, -0.25) is 9.59 Å². The van der Waals surface area contributed by atoms with Gasteiger partial charge in [-0.1, -0.05) is 89.1 Å². The Morgan fingerprint density at radius 2 is 1.12 bits per heavy atom. The number of aliphatic carboxylic acids is 2. The van der Waals surface area contributed by atoms with Gasteiger partial charge in [-0.15, -0.1) is 0 Å². The van der Waals surface area contributed by atoms with Crippen LogP contribution < -0.4 is 11.5 Å². The van der Waals surface area contributed by atoms with Crippen molar-refractivity contribution in [2.24, 2.45) is 50.4 Å². The predicted molar refractivity (Wildman–Crippen MR) is 263 cm³/mol. The number of carboxylic acids is 2. The number of nitrogens with two attached hydrogens (primary N) is 2. The Morgan fingerprint density at radius 3 is 1.30 bits per heavy atom. The quantitative estimate of drug-likeness (QED) is 0.0625. The molecule has 0 aromatic heterocycles. The molecule has 1 aromatic carbocycles. The zero-order chi connectivity index (χ0) is 53.4. The molecule has 1 aromatic rings. The SMILES string of the molecule is CC(C)(C)CC(CC(=O)O)C(=O)O.CC(C)(C)CC(CO)CO.CC(C)(C)CCC(O)CO.CC(C)(C)C[P](O)(O)=[W].CC(C)(C)Cc1cc(O)cc(O)c1.C[C-](C)C.NCC(N)[C-]=O.[V+2]. The van der Waals surface area contributed by atoms with Crippen molar-refractivity contribution in [3.63, 3.8) is 0 Å². The molecule has 0 saturated carbocycles. The second kappa shape index (κ2) is 39.5. The van der Waals surface area contributed by atoms with Crippen LogP contribution in [0.15, 0.2) is 18.2 Å². The predicted octanol–water partition coefficient (Wildman–Crippen LogP) is 7.80. The molecule has 18 heteroatoms. The van der Waals surface area contributed by atoms with Gasteiger partial charge in [0, 0.05) is 25.2 Å². The maximum atomic E-state index is 10.6. The molecule has 66 heavy (non-hydrogen) atoms. The smallest absolute Gasteiger partial charge is 0.540 e. The van der Waals surface area contributed by atoms with Crippen molar-refractivity contribution in [3.8, 4) is 11.5 Å². The van der Waals surface area contributed by atoms with Crippen molar-refractivity contribution < 1.29 is 102 Å². The van der Waals surface area contributed by atoms with Crippen LogP contribution in [-0.2, 0) is 58.2 Å². The molecule has 1 radical (unpaired) electrons. The van der Waals surface area contributed by atoms with Crippen LogP contribution in [-0.4, -0.2) is 114 Å². The normalized spacial score (nSPS) is 12.9. The third kappa shape index (κ3) is 77.0. The molecule has 0 aliphatic carbocycles. The summed E-state index contributed by atoms with van der Waals surface area (Å²) in [6.45, 7) is 37.2. The van der Waals surface area contributed by atoms with E-state index in [0.29, 0.717) is 19.0 Å². The summed E-state index contributed by atoms with van der Waals surface area (Å²) < 4.78 is 0. The zero-order valence-electron chi connectivity index (χ0n) is 44.0. The van der Waals surface area contributed by atoms with Gasteiger partial charge in [0.1, 0.15) is 11.5 Å². The monoisotopic (exact) mass is 1180 g/mol. The summed E-state index contributed by atoms with van der Waals surface area (Å²) in [5.74, 6) is -1.15. The molecule has 3 unspecified atom stereocenters. The number of aliphatic hydroxyl groups excluding tert-OH is 4. The molecule has 1 rings (SSSR count). The number of aliphatic hydroxyl groups is 4. The Balaban J connectivity index is -0.000000126. The molecule has 0 bridgehead atoms. The van der Waals surface area contributed by atoms with E-state index in [4.69, 9.17) is 51.9 Å². The van der Waals surface area contributed by atoms with E-state index in [1.165, 1.54) is 18.3 Å². The number of phenols is 2. The molecule has 3 atom stereocenters. The fourth-order valence-electron chi connectivity index (χ4n) is 4.98. The average molecular weight is 1180 g/mol. The van der Waals surface area contributed by atoms with E-state index >= 15 is 0 Å². The minimum absolute atomic E-state index is 0. The van der Waals surface area contributed by atoms with Crippen molar-refractivity contribution in [1.82, 2.24) is 0 Å². The van der Waals surface area contributed by atoms with Crippen LogP contribution in [0.3, 0.4) is 0 Å². The molecule has 15 nitrogen and oxygen atoms in total.